The van der Waals surface area contributed by atoms with Crippen molar-refractivity contribution in [3.8, 4) is 5.75 Å². The van der Waals surface area contributed by atoms with Gasteiger partial charge in [0.15, 0.2) is 0 Å². The number of benzene rings is 1. The van der Waals surface area contributed by atoms with Crippen molar-refractivity contribution in [2.45, 2.75) is 13.8 Å². The zero-order chi connectivity index (χ0) is 10.4. The van der Waals surface area contributed by atoms with E-state index in [1.54, 1.807) is 19.1 Å². The summed E-state index contributed by atoms with van der Waals surface area (Å²) >= 11 is 0. The third-order valence-corrected chi connectivity index (χ3v) is 1.64. The first kappa shape index (κ1) is 10.4. The Balaban J connectivity index is 2.62. The predicted molar refractivity (Wildman–Crippen MR) is 55.7 cm³/mol. The van der Waals surface area contributed by atoms with Crippen LogP contribution in [0.2, 0.25) is 0 Å². The van der Waals surface area contributed by atoms with Gasteiger partial charge in [0, 0.05) is 6.54 Å². The summed E-state index contributed by atoms with van der Waals surface area (Å²) in [6.45, 7) is 4.11. The number of esters is 1. The molecule has 0 atom stereocenters. The van der Waals surface area contributed by atoms with Crippen molar-refractivity contribution in [1.82, 2.24) is 0 Å². The Morgan fingerprint density at radius 1 is 1.36 bits per heavy atom. The molecule has 0 saturated heterocycles. The fourth-order valence-corrected chi connectivity index (χ4v) is 0.971. The third kappa shape index (κ3) is 3.01. The van der Waals surface area contributed by atoms with E-state index in [1.807, 2.05) is 25.1 Å². The molecule has 1 rings (SSSR count). The summed E-state index contributed by atoms with van der Waals surface area (Å²) in [6, 6.07) is 8.96. The zero-order valence-corrected chi connectivity index (χ0v) is 8.36. The lowest BCUT2D eigenvalue weighted by Crippen LogP contribution is -2.17. The average molecular weight is 191 g/mol. The maximum atomic E-state index is 11.3. The Hall–Kier alpha value is -1.64. The normalized spacial score (nSPS) is 11.1. The lowest BCUT2D eigenvalue weighted by atomic mass is 10.3. The second kappa shape index (κ2) is 5.17. The highest BCUT2D eigenvalue weighted by Crippen LogP contribution is 2.08. The van der Waals surface area contributed by atoms with E-state index in [0.29, 0.717) is 18.0 Å². The fourth-order valence-electron chi connectivity index (χ4n) is 0.971. The topological polar surface area (TPSA) is 38.7 Å². The van der Waals surface area contributed by atoms with Crippen LogP contribution >= 0.6 is 0 Å². The van der Waals surface area contributed by atoms with Crippen LogP contribution in [0, 0.1) is 0 Å². The van der Waals surface area contributed by atoms with Crippen LogP contribution in [0.1, 0.15) is 13.8 Å². The van der Waals surface area contributed by atoms with Crippen molar-refractivity contribution in [3.63, 3.8) is 0 Å². The number of carbonyl (C=O) groups is 1. The first-order chi connectivity index (χ1) is 6.74. The number of para-hydroxylation sites is 1. The van der Waals surface area contributed by atoms with Gasteiger partial charge in [-0.3, -0.25) is 4.99 Å². The van der Waals surface area contributed by atoms with E-state index >= 15 is 0 Å². The highest BCUT2D eigenvalue weighted by atomic mass is 16.5. The molecule has 0 aliphatic heterocycles. The molecule has 0 fully saturated rings. The molecule has 0 saturated carbocycles. The Kier molecular flexibility index (Phi) is 3.85. The molecule has 74 valence electrons. The van der Waals surface area contributed by atoms with E-state index in [4.69, 9.17) is 4.74 Å². The van der Waals surface area contributed by atoms with Crippen LogP contribution in [-0.4, -0.2) is 18.2 Å². The standard InChI is InChI=1S/C11H13NO2/c1-3-12-9(2)11(13)14-10-7-5-4-6-8-10/h4-8H,3H2,1-2H3. The molecule has 0 amide bonds. The quantitative estimate of drug-likeness (QED) is 0.417. The SMILES string of the molecule is CCN=C(C)C(=O)Oc1ccccc1. The van der Waals surface area contributed by atoms with Gasteiger partial charge in [0.1, 0.15) is 11.5 Å². The number of aliphatic imine (C=N–C) groups is 1. The molecule has 0 spiro atoms. The Bertz CT molecular complexity index is 330. The minimum absolute atomic E-state index is 0.391. The summed E-state index contributed by atoms with van der Waals surface area (Å²) in [5.74, 6) is 0.154. The highest BCUT2D eigenvalue weighted by Gasteiger charge is 2.07. The molecule has 1 aromatic carbocycles. The minimum atomic E-state index is -0.391. The molecule has 0 bridgehead atoms. The average Bonchev–Trinajstić information content (AvgIpc) is 2.19. The van der Waals surface area contributed by atoms with Gasteiger partial charge in [-0.15, -0.1) is 0 Å². The number of hydrogen-bond acceptors (Lipinski definition) is 3. The number of nitrogens with zero attached hydrogens (tertiary/aromatic N) is 1. The first-order valence-electron chi connectivity index (χ1n) is 4.52. The maximum Gasteiger partial charge on any atom is 0.357 e. The monoisotopic (exact) mass is 191 g/mol. The van der Waals surface area contributed by atoms with Crippen molar-refractivity contribution in [3.05, 3.63) is 30.3 Å². The first-order valence-corrected chi connectivity index (χ1v) is 4.52. The van der Waals surface area contributed by atoms with E-state index < -0.39 is 5.97 Å². The lowest BCUT2D eigenvalue weighted by molar-refractivity contribution is -0.127. The summed E-state index contributed by atoms with van der Waals surface area (Å²) in [7, 11) is 0. The van der Waals surface area contributed by atoms with Gasteiger partial charge in [-0.2, -0.15) is 0 Å². The van der Waals surface area contributed by atoms with Crippen LogP contribution in [-0.2, 0) is 4.79 Å². The Morgan fingerprint density at radius 3 is 2.57 bits per heavy atom. The number of carbonyl (C=O) groups excluding carboxylic acids is 1. The second-order valence-electron chi connectivity index (χ2n) is 2.76. The predicted octanol–water partition coefficient (Wildman–Crippen LogP) is 2.07. The van der Waals surface area contributed by atoms with Gasteiger partial charge >= 0.3 is 5.97 Å². The largest absolute Gasteiger partial charge is 0.422 e. The van der Waals surface area contributed by atoms with Crippen LogP contribution in [0.3, 0.4) is 0 Å². The maximum absolute atomic E-state index is 11.3. The smallest absolute Gasteiger partial charge is 0.357 e. The van der Waals surface area contributed by atoms with Crippen molar-refractivity contribution in [2.24, 2.45) is 4.99 Å². The molecule has 1 aromatic rings. The summed E-state index contributed by atoms with van der Waals surface area (Å²) in [6.07, 6.45) is 0. The van der Waals surface area contributed by atoms with Crippen LogP contribution in [0.25, 0.3) is 0 Å². The van der Waals surface area contributed by atoms with Gasteiger partial charge in [-0.1, -0.05) is 18.2 Å². The van der Waals surface area contributed by atoms with E-state index in [0.717, 1.165) is 0 Å². The number of ether oxygens (including phenoxy) is 1. The van der Waals surface area contributed by atoms with E-state index in [-0.39, 0.29) is 0 Å². The minimum Gasteiger partial charge on any atom is -0.422 e. The van der Waals surface area contributed by atoms with Gasteiger partial charge in [-0.25, -0.2) is 4.79 Å². The van der Waals surface area contributed by atoms with Crippen molar-refractivity contribution < 1.29 is 9.53 Å². The number of rotatable bonds is 3. The fraction of sp³-hybridized carbons (Fsp3) is 0.273. The van der Waals surface area contributed by atoms with Gasteiger partial charge in [0.25, 0.3) is 0 Å². The van der Waals surface area contributed by atoms with Crippen molar-refractivity contribution >= 4 is 11.7 Å². The van der Waals surface area contributed by atoms with Crippen LogP contribution in [0.5, 0.6) is 5.75 Å². The van der Waals surface area contributed by atoms with Crippen LogP contribution in [0.4, 0.5) is 0 Å². The molecular formula is C11H13NO2. The highest BCUT2D eigenvalue weighted by molar-refractivity contribution is 6.36. The number of hydrogen-bond donors (Lipinski definition) is 0. The van der Waals surface area contributed by atoms with E-state index in [1.165, 1.54) is 0 Å². The molecular weight excluding hydrogens is 178 g/mol. The van der Waals surface area contributed by atoms with Gasteiger partial charge in [-0.05, 0) is 26.0 Å². The molecule has 3 heteroatoms. The molecule has 0 radical (unpaired) electrons. The Labute approximate surface area is 83.4 Å². The Morgan fingerprint density at radius 2 is 2.00 bits per heavy atom. The second-order valence-corrected chi connectivity index (χ2v) is 2.76. The van der Waals surface area contributed by atoms with E-state index in [2.05, 4.69) is 4.99 Å². The van der Waals surface area contributed by atoms with Crippen LogP contribution < -0.4 is 4.74 Å². The molecule has 3 nitrogen and oxygen atoms in total. The summed E-state index contributed by atoms with van der Waals surface area (Å²) in [5, 5.41) is 0. The molecule has 0 unspecified atom stereocenters. The molecule has 0 aromatic heterocycles. The molecule has 0 aliphatic carbocycles. The summed E-state index contributed by atoms with van der Waals surface area (Å²) < 4.78 is 5.06. The van der Waals surface area contributed by atoms with Crippen molar-refractivity contribution in [1.29, 1.82) is 0 Å². The van der Waals surface area contributed by atoms with Crippen molar-refractivity contribution in [2.75, 3.05) is 6.54 Å². The van der Waals surface area contributed by atoms with E-state index in [9.17, 15) is 4.79 Å². The zero-order valence-electron chi connectivity index (χ0n) is 8.36. The third-order valence-electron chi connectivity index (χ3n) is 1.64. The molecule has 14 heavy (non-hydrogen) atoms. The van der Waals surface area contributed by atoms with Gasteiger partial charge in [0.05, 0.1) is 0 Å². The summed E-state index contributed by atoms with van der Waals surface area (Å²) in [4.78, 5) is 15.3. The lowest BCUT2D eigenvalue weighted by Gasteiger charge is -2.02. The van der Waals surface area contributed by atoms with Gasteiger partial charge < -0.3 is 4.74 Å². The van der Waals surface area contributed by atoms with Crippen LogP contribution in [0.15, 0.2) is 35.3 Å². The summed E-state index contributed by atoms with van der Waals surface area (Å²) in [5.41, 5.74) is 0.399. The molecule has 0 N–H and O–H groups in total. The molecule has 0 aliphatic rings. The van der Waals surface area contributed by atoms with Gasteiger partial charge in [0.2, 0.25) is 0 Å². The molecule has 0 heterocycles.